The van der Waals surface area contributed by atoms with Crippen LogP contribution in [0.3, 0.4) is 0 Å². The van der Waals surface area contributed by atoms with E-state index in [2.05, 4.69) is 6.58 Å². The Hall–Kier alpha value is -1.85. The summed E-state index contributed by atoms with van der Waals surface area (Å²) in [5, 5.41) is 0. The highest BCUT2D eigenvalue weighted by Crippen LogP contribution is 2.28. The van der Waals surface area contributed by atoms with Gasteiger partial charge in [0.2, 0.25) is 0 Å². The number of nitrogens with zero attached hydrogens (tertiary/aromatic N) is 1. The number of hydrogen-bond acceptors (Lipinski definition) is 2. The lowest BCUT2D eigenvalue weighted by atomic mass is 10.1. The zero-order valence-corrected chi connectivity index (χ0v) is 10.7. The second kappa shape index (κ2) is 5.42. The number of hydrogen-bond donors (Lipinski definition) is 0. The number of rotatable bonds is 4. The summed E-state index contributed by atoms with van der Waals surface area (Å²) in [7, 11) is 0. The molecule has 1 aromatic rings. The van der Waals surface area contributed by atoms with Crippen LogP contribution in [-0.2, 0) is 12.7 Å². The van der Waals surface area contributed by atoms with Crippen LogP contribution in [0.2, 0.25) is 0 Å². The largest absolute Gasteiger partial charge is 0.431 e. The van der Waals surface area contributed by atoms with Gasteiger partial charge in [-0.05, 0) is 31.1 Å². The van der Waals surface area contributed by atoms with Crippen molar-refractivity contribution < 1.29 is 18.0 Å². The molecule has 1 heterocycles. The van der Waals surface area contributed by atoms with Gasteiger partial charge in [-0.3, -0.25) is 9.59 Å². The van der Waals surface area contributed by atoms with Crippen molar-refractivity contribution in [3.05, 3.63) is 45.9 Å². The van der Waals surface area contributed by atoms with Gasteiger partial charge in [0.05, 0.1) is 5.56 Å². The first-order chi connectivity index (χ1) is 8.70. The molecule has 0 aliphatic carbocycles. The Morgan fingerprint density at radius 2 is 1.95 bits per heavy atom. The van der Waals surface area contributed by atoms with Crippen LogP contribution in [0.4, 0.5) is 13.2 Å². The minimum atomic E-state index is -4.63. The van der Waals surface area contributed by atoms with Crippen molar-refractivity contribution in [3.63, 3.8) is 0 Å². The molecule has 0 atom stereocenters. The Morgan fingerprint density at radius 3 is 2.37 bits per heavy atom. The van der Waals surface area contributed by atoms with Gasteiger partial charge in [0.1, 0.15) is 5.69 Å². The zero-order chi connectivity index (χ0) is 14.8. The second-order valence-corrected chi connectivity index (χ2v) is 4.20. The van der Waals surface area contributed by atoms with Gasteiger partial charge < -0.3 is 4.57 Å². The number of allylic oxidation sites excluding steroid dienone is 1. The molecule has 0 aliphatic rings. The molecule has 1 rings (SSSR count). The van der Waals surface area contributed by atoms with E-state index in [0.29, 0.717) is 11.0 Å². The Balaban J connectivity index is 3.53. The molecular weight excluding hydrogens is 259 g/mol. The molecule has 0 unspecified atom stereocenters. The topological polar surface area (TPSA) is 39.1 Å². The SMILES string of the molecule is C=C(C)C(=O)c1ccc(C(F)(F)F)n(CCC)c1=O. The summed E-state index contributed by atoms with van der Waals surface area (Å²) in [6.07, 6.45) is -4.27. The summed E-state index contributed by atoms with van der Waals surface area (Å²) in [5.41, 5.74) is -2.14. The van der Waals surface area contributed by atoms with E-state index in [-0.39, 0.29) is 17.7 Å². The Kier molecular flexibility index (Phi) is 4.34. The number of alkyl halides is 3. The maximum Gasteiger partial charge on any atom is 0.431 e. The van der Waals surface area contributed by atoms with Crippen LogP contribution < -0.4 is 5.56 Å². The van der Waals surface area contributed by atoms with E-state index in [1.54, 1.807) is 6.92 Å². The van der Waals surface area contributed by atoms with Crippen molar-refractivity contribution in [3.8, 4) is 0 Å². The maximum absolute atomic E-state index is 12.8. The van der Waals surface area contributed by atoms with E-state index in [1.165, 1.54) is 6.92 Å². The van der Waals surface area contributed by atoms with Gasteiger partial charge in [0.25, 0.3) is 5.56 Å². The number of carbonyl (C=O) groups excluding carboxylic acids is 1. The molecule has 0 saturated carbocycles. The van der Waals surface area contributed by atoms with Crippen LogP contribution in [0.15, 0.2) is 29.1 Å². The first-order valence-electron chi connectivity index (χ1n) is 5.71. The Morgan fingerprint density at radius 1 is 1.37 bits per heavy atom. The Bertz CT molecular complexity index is 570. The minimum absolute atomic E-state index is 0.0923. The van der Waals surface area contributed by atoms with Crippen molar-refractivity contribution in [1.82, 2.24) is 4.57 Å². The third kappa shape index (κ3) is 3.13. The van der Waals surface area contributed by atoms with Crippen molar-refractivity contribution in [2.45, 2.75) is 33.0 Å². The third-order valence-electron chi connectivity index (χ3n) is 2.54. The molecule has 0 fully saturated rings. The average Bonchev–Trinajstić information content (AvgIpc) is 2.29. The highest BCUT2D eigenvalue weighted by atomic mass is 19.4. The fourth-order valence-corrected chi connectivity index (χ4v) is 1.67. The number of pyridine rings is 1. The predicted molar refractivity (Wildman–Crippen MR) is 65.1 cm³/mol. The molecule has 1 aromatic heterocycles. The molecule has 0 aromatic carbocycles. The van der Waals surface area contributed by atoms with Crippen LogP contribution in [0.5, 0.6) is 0 Å². The summed E-state index contributed by atoms with van der Waals surface area (Å²) in [5.74, 6) is -0.636. The van der Waals surface area contributed by atoms with Crippen LogP contribution in [0.1, 0.15) is 36.3 Å². The van der Waals surface area contributed by atoms with Crippen molar-refractivity contribution in [1.29, 1.82) is 0 Å². The van der Waals surface area contributed by atoms with Crippen molar-refractivity contribution in [2.75, 3.05) is 0 Å². The van der Waals surface area contributed by atoms with E-state index in [9.17, 15) is 22.8 Å². The highest BCUT2D eigenvalue weighted by Gasteiger charge is 2.35. The molecule has 104 valence electrons. The fraction of sp³-hybridized carbons (Fsp3) is 0.385. The molecule has 3 nitrogen and oxygen atoms in total. The number of halogens is 3. The zero-order valence-electron chi connectivity index (χ0n) is 10.7. The van der Waals surface area contributed by atoms with Crippen LogP contribution in [0, 0.1) is 0 Å². The molecule has 0 amide bonds. The standard InChI is InChI=1S/C13H14F3NO2/c1-4-7-17-10(13(14,15)16)6-5-9(12(17)19)11(18)8(2)3/h5-6H,2,4,7H2,1,3H3. The summed E-state index contributed by atoms with van der Waals surface area (Å²) in [6.45, 7) is 6.37. The first-order valence-corrected chi connectivity index (χ1v) is 5.71. The van der Waals surface area contributed by atoms with Crippen LogP contribution in [-0.4, -0.2) is 10.4 Å². The smallest absolute Gasteiger partial charge is 0.304 e. The Labute approximate surface area is 108 Å². The number of ketones is 1. The number of carbonyl (C=O) groups is 1. The van der Waals surface area contributed by atoms with E-state index >= 15 is 0 Å². The number of Topliss-reactive ketones (excluding diaryl/α,β-unsaturated/α-hetero) is 1. The maximum atomic E-state index is 12.8. The molecule has 19 heavy (non-hydrogen) atoms. The van der Waals surface area contributed by atoms with Crippen LogP contribution in [0.25, 0.3) is 0 Å². The van der Waals surface area contributed by atoms with E-state index in [0.717, 1.165) is 12.1 Å². The van der Waals surface area contributed by atoms with Gasteiger partial charge in [-0.25, -0.2) is 0 Å². The van der Waals surface area contributed by atoms with Gasteiger partial charge in [0, 0.05) is 6.54 Å². The van der Waals surface area contributed by atoms with Crippen molar-refractivity contribution in [2.24, 2.45) is 0 Å². The van der Waals surface area contributed by atoms with Gasteiger partial charge >= 0.3 is 6.18 Å². The molecule has 0 saturated heterocycles. The monoisotopic (exact) mass is 273 g/mol. The highest BCUT2D eigenvalue weighted by molar-refractivity contribution is 6.07. The molecule has 0 N–H and O–H groups in total. The lowest BCUT2D eigenvalue weighted by Crippen LogP contribution is -2.32. The third-order valence-corrected chi connectivity index (χ3v) is 2.54. The van der Waals surface area contributed by atoms with E-state index in [4.69, 9.17) is 0 Å². The van der Waals surface area contributed by atoms with Gasteiger partial charge in [-0.15, -0.1) is 0 Å². The van der Waals surface area contributed by atoms with Gasteiger partial charge in [-0.2, -0.15) is 13.2 Å². The molecule has 6 heteroatoms. The van der Waals surface area contributed by atoms with Gasteiger partial charge in [0.15, 0.2) is 5.78 Å². The first kappa shape index (κ1) is 15.2. The van der Waals surface area contributed by atoms with Crippen LogP contribution >= 0.6 is 0 Å². The normalized spacial score (nSPS) is 11.4. The van der Waals surface area contributed by atoms with Crippen molar-refractivity contribution >= 4 is 5.78 Å². The predicted octanol–water partition coefficient (Wildman–Crippen LogP) is 3.04. The lowest BCUT2D eigenvalue weighted by Gasteiger charge is -2.15. The summed E-state index contributed by atoms with van der Waals surface area (Å²) >= 11 is 0. The molecule has 0 radical (unpaired) electrons. The summed E-state index contributed by atoms with van der Waals surface area (Å²) < 4.78 is 38.9. The number of aromatic nitrogens is 1. The molecule has 0 spiro atoms. The molecule has 0 bridgehead atoms. The van der Waals surface area contributed by atoms with Gasteiger partial charge in [-0.1, -0.05) is 13.5 Å². The van der Waals surface area contributed by atoms with E-state index < -0.39 is 23.2 Å². The molecule has 0 aliphatic heterocycles. The second-order valence-electron chi connectivity index (χ2n) is 4.20. The van der Waals surface area contributed by atoms with E-state index in [1.807, 2.05) is 0 Å². The molecular formula is C13H14F3NO2. The fourth-order valence-electron chi connectivity index (χ4n) is 1.67. The summed E-state index contributed by atoms with van der Waals surface area (Å²) in [4.78, 5) is 23.7. The lowest BCUT2D eigenvalue weighted by molar-refractivity contribution is -0.144. The average molecular weight is 273 g/mol. The minimum Gasteiger partial charge on any atom is -0.304 e. The summed E-state index contributed by atoms with van der Waals surface area (Å²) in [6, 6.07) is 1.67. The quantitative estimate of drug-likeness (QED) is 0.624.